The number of hydrogen-bond donors (Lipinski definition) is 1. The third-order valence-corrected chi connectivity index (χ3v) is 13.8. The average molecular weight is 823 g/mol. The number of amides is 2. The molecule has 0 spiro atoms. The molecular weight excluding hydrogens is 768 g/mol. The van der Waals surface area contributed by atoms with Gasteiger partial charge in [-0.1, -0.05) is 36.7 Å². The maximum absolute atomic E-state index is 14.8. The van der Waals surface area contributed by atoms with E-state index in [4.69, 9.17) is 30.5 Å². The Morgan fingerprint density at radius 2 is 1.93 bits per heavy atom. The number of nitrogens with zero attached hydrogens (tertiary/aromatic N) is 5. The molecule has 4 aliphatic rings. The van der Waals surface area contributed by atoms with Gasteiger partial charge in [-0.2, -0.15) is 0 Å². The predicted octanol–water partition coefficient (Wildman–Crippen LogP) is 6.10. The van der Waals surface area contributed by atoms with Gasteiger partial charge in [0, 0.05) is 63.7 Å². The third kappa shape index (κ3) is 10.0. The van der Waals surface area contributed by atoms with E-state index in [0.717, 1.165) is 57.4 Å². The quantitative estimate of drug-likeness (QED) is 0.266. The van der Waals surface area contributed by atoms with Gasteiger partial charge in [-0.15, -0.1) is 9.46 Å². The van der Waals surface area contributed by atoms with Crippen molar-refractivity contribution in [1.29, 1.82) is 0 Å². The Morgan fingerprint density at radius 1 is 1.09 bits per heavy atom. The Kier molecular flexibility index (Phi) is 13.2. The highest BCUT2D eigenvalue weighted by Gasteiger charge is 2.39. The van der Waals surface area contributed by atoms with Crippen molar-refractivity contribution >= 4 is 39.0 Å². The van der Waals surface area contributed by atoms with Crippen molar-refractivity contribution in [3.8, 4) is 11.6 Å². The van der Waals surface area contributed by atoms with E-state index in [2.05, 4.69) is 48.3 Å². The highest BCUT2D eigenvalue weighted by Crippen LogP contribution is 2.42. The summed E-state index contributed by atoms with van der Waals surface area (Å²) in [5, 5.41) is 4.88. The number of fused-ring (bicyclic) bond motifs is 3. The van der Waals surface area contributed by atoms with E-state index < -0.39 is 21.7 Å². The second-order valence-electron chi connectivity index (χ2n) is 15.9. The Bertz CT molecular complexity index is 2080. The molecule has 2 fully saturated rings. The zero-order valence-corrected chi connectivity index (χ0v) is 34.9. The molecule has 1 aromatic heterocycles. The van der Waals surface area contributed by atoms with Crippen LogP contribution in [-0.2, 0) is 39.4 Å². The monoisotopic (exact) mass is 822 g/mol. The van der Waals surface area contributed by atoms with Gasteiger partial charge in [0.25, 0.3) is 11.8 Å². The molecule has 1 unspecified atom stereocenters. The lowest BCUT2D eigenvalue weighted by atomic mass is 9.70. The van der Waals surface area contributed by atoms with Crippen LogP contribution in [-0.4, -0.2) is 102 Å². The smallest absolute Gasteiger partial charge is 0.286 e. The molecule has 2 amide bonds. The fourth-order valence-corrected chi connectivity index (χ4v) is 10.3. The van der Waals surface area contributed by atoms with Crippen molar-refractivity contribution in [2.24, 2.45) is 29.2 Å². The van der Waals surface area contributed by atoms with E-state index in [1.165, 1.54) is 29.1 Å². The largest absolute Gasteiger partial charge is 0.491 e. The van der Waals surface area contributed by atoms with Gasteiger partial charge >= 0.3 is 0 Å². The topological polar surface area (TPSA) is 137 Å². The number of benzene rings is 2. The van der Waals surface area contributed by atoms with E-state index in [1.807, 2.05) is 19.1 Å². The first-order valence-corrected chi connectivity index (χ1v) is 22.1. The number of methoxy groups -OCH3 is 2. The summed E-state index contributed by atoms with van der Waals surface area (Å²) in [6, 6.07) is 11.4. The van der Waals surface area contributed by atoms with Crippen LogP contribution in [0.2, 0.25) is 5.02 Å². The van der Waals surface area contributed by atoms with Gasteiger partial charge in [0.05, 0.1) is 44.0 Å². The Hall–Kier alpha value is -3.95. The van der Waals surface area contributed by atoms with Crippen LogP contribution < -0.4 is 19.1 Å². The van der Waals surface area contributed by atoms with Crippen LogP contribution in [0.4, 0.5) is 5.69 Å². The minimum Gasteiger partial charge on any atom is -0.491 e. The van der Waals surface area contributed by atoms with Gasteiger partial charge in [-0.3, -0.25) is 23.9 Å². The van der Waals surface area contributed by atoms with Crippen LogP contribution in [0, 0.1) is 17.8 Å². The van der Waals surface area contributed by atoms with Crippen molar-refractivity contribution in [2.75, 3.05) is 64.3 Å². The van der Waals surface area contributed by atoms with E-state index in [1.54, 1.807) is 26.3 Å². The standard InChI is InChI=1S/C42H55ClN6O7S/c1-28-8-7-10-38(56-19-17-48-24-34(25-48)53-3)35-15-12-32(35)23-49-22-31-11-14-33(43)20-29(31)9-5-6-18-55-39-16-13-30(21-37(39)49)40(50)45-57(52,27-28)46-41(51)36-26-47(2)44-42(36)54-4/h7,10-11,13-14,16,20-21,26,28,32,34-35,38H,5-6,8-9,12,15,17-19,22-25,27H2,1-4H3,(H,45,46,50,51,52)/b10-7+/t28-,32-,35+,38-,57?/m0/s1. The van der Waals surface area contributed by atoms with Gasteiger partial charge in [-0.25, -0.2) is 4.21 Å². The van der Waals surface area contributed by atoms with E-state index in [9.17, 15) is 13.8 Å². The van der Waals surface area contributed by atoms with Crippen LogP contribution in [0.25, 0.3) is 0 Å². The number of ether oxygens (including phenoxy) is 4. The Morgan fingerprint density at radius 3 is 2.70 bits per heavy atom. The number of aromatic nitrogens is 2. The molecule has 15 heteroatoms. The van der Waals surface area contributed by atoms with Crippen LogP contribution in [0.1, 0.15) is 70.9 Å². The molecule has 4 heterocycles. The summed E-state index contributed by atoms with van der Waals surface area (Å²) in [5.74, 6) is -0.291. The van der Waals surface area contributed by atoms with Gasteiger partial charge in [0.1, 0.15) is 21.2 Å². The number of carbonyl (C=O) groups is 2. The Labute approximate surface area is 341 Å². The molecule has 57 heavy (non-hydrogen) atoms. The van der Waals surface area contributed by atoms with Gasteiger partial charge < -0.3 is 23.8 Å². The van der Waals surface area contributed by atoms with Crippen LogP contribution in [0.3, 0.4) is 0 Å². The molecule has 1 N–H and O–H groups in total. The summed E-state index contributed by atoms with van der Waals surface area (Å²) in [6.45, 7) is 6.99. The summed E-state index contributed by atoms with van der Waals surface area (Å²) in [5.41, 5.74) is 3.47. The zero-order valence-electron chi connectivity index (χ0n) is 33.4. The SMILES string of the molecule is COc1nn(C)cc1C(=O)NS1(=O)=NC(=O)c2ccc3c(c2)N(Cc2ccc(Cl)cc2CCCCO3)C[C@@H]2CC[C@H]2[C@@H](OCCN2CC(OC)C2)/C=C/C[C@H](C)C1. The summed E-state index contributed by atoms with van der Waals surface area (Å²) in [7, 11) is 1.18. The van der Waals surface area contributed by atoms with E-state index in [-0.39, 0.29) is 46.8 Å². The lowest BCUT2D eigenvalue weighted by molar-refractivity contribution is -0.0592. The van der Waals surface area contributed by atoms with Gasteiger partial charge in [0.2, 0.25) is 5.88 Å². The molecule has 1 aliphatic carbocycles. The number of halogens is 1. The molecule has 7 rings (SSSR count). The molecule has 3 aliphatic heterocycles. The molecule has 5 atom stereocenters. The van der Waals surface area contributed by atoms with Crippen LogP contribution >= 0.6 is 11.6 Å². The number of nitrogens with one attached hydrogen (secondary N) is 1. The molecule has 13 nitrogen and oxygen atoms in total. The van der Waals surface area contributed by atoms with Crippen molar-refractivity contribution in [3.05, 3.63) is 82.0 Å². The number of likely N-dealkylation sites (tertiary alicyclic amines) is 1. The van der Waals surface area contributed by atoms with Crippen molar-refractivity contribution in [3.63, 3.8) is 0 Å². The number of anilines is 1. The van der Waals surface area contributed by atoms with Crippen LogP contribution in [0.15, 0.2) is 59.1 Å². The molecule has 308 valence electrons. The second kappa shape index (κ2) is 18.3. The Balaban J connectivity index is 1.27. The molecule has 2 aromatic carbocycles. The minimum absolute atomic E-state index is 0.0515. The number of rotatable bonds is 8. The zero-order chi connectivity index (χ0) is 40.1. The van der Waals surface area contributed by atoms with E-state index in [0.29, 0.717) is 49.4 Å². The van der Waals surface area contributed by atoms with Crippen molar-refractivity contribution < 1.29 is 32.7 Å². The fourth-order valence-electron chi connectivity index (χ4n) is 8.25. The van der Waals surface area contributed by atoms with Gasteiger partial charge in [0.15, 0.2) is 0 Å². The van der Waals surface area contributed by atoms with Crippen molar-refractivity contribution in [1.82, 2.24) is 19.4 Å². The van der Waals surface area contributed by atoms with Crippen molar-refractivity contribution in [2.45, 2.75) is 64.2 Å². The molecule has 2 bridgehead atoms. The molecule has 3 aromatic rings. The lowest BCUT2D eigenvalue weighted by Gasteiger charge is -2.44. The normalized spacial score (nSPS) is 26.6. The fraction of sp³-hybridized carbons (Fsp3) is 0.548. The second-order valence-corrected chi connectivity index (χ2v) is 18.3. The van der Waals surface area contributed by atoms with Gasteiger partial charge in [-0.05, 0) is 97.7 Å². The highest BCUT2D eigenvalue weighted by atomic mass is 35.5. The first kappa shape index (κ1) is 41.2. The predicted molar refractivity (Wildman–Crippen MR) is 220 cm³/mol. The summed E-state index contributed by atoms with van der Waals surface area (Å²) < 4.78 is 47.1. The molecule has 1 saturated heterocycles. The molecular formula is C42H55ClN6O7S. The average Bonchev–Trinajstić information content (AvgIpc) is 3.53. The first-order valence-electron chi connectivity index (χ1n) is 20.0. The minimum atomic E-state index is -3.64. The molecule has 0 radical (unpaired) electrons. The highest BCUT2D eigenvalue weighted by molar-refractivity contribution is 7.92. The maximum Gasteiger partial charge on any atom is 0.286 e. The summed E-state index contributed by atoms with van der Waals surface area (Å²) in [4.78, 5) is 32.4. The maximum atomic E-state index is 14.8. The molecule has 1 saturated carbocycles. The third-order valence-electron chi connectivity index (χ3n) is 11.6. The number of hydrogen-bond acceptors (Lipinski definition) is 10. The van der Waals surface area contributed by atoms with Crippen LogP contribution in [0.5, 0.6) is 11.6 Å². The van der Waals surface area contributed by atoms with E-state index >= 15 is 0 Å². The summed E-state index contributed by atoms with van der Waals surface area (Å²) >= 11 is 6.52. The lowest BCUT2D eigenvalue weighted by Crippen LogP contribution is -2.53. The summed E-state index contributed by atoms with van der Waals surface area (Å²) in [6.07, 6.45) is 11.2. The first-order chi connectivity index (χ1) is 27.5. The number of allylic oxidation sites excluding steroid dienone is 1. The number of carbonyl (C=O) groups excluding carboxylic acids is 2. The number of aryl methyl sites for hydroxylation is 2.